The summed E-state index contributed by atoms with van der Waals surface area (Å²) in [7, 11) is 2.11. The van der Waals surface area contributed by atoms with Crippen LogP contribution in [0.25, 0.3) is 22.0 Å². The van der Waals surface area contributed by atoms with Crippen LogP contribution in [0, 0.1) is 6.92 Å². The van der Waals surface area contributed by atoms with Crippen LogP contribution in [0.4, 0.5) is 22.1 Å². The van der Waals surface area contributed by atoms with Gasteiger partial charge in [0.2, 0.25) is 0 Å². The number of anilines is 3. The monoisotopic (exact) mass is 585 g/mol. The van der Waals surface area contributed by atoms with Crippen molar-refractivity contribution >= 4 is 39.7 Å². The van der Waals surface area contributed by atoms with Crippen molar-refractivity contribution in [2.75, 3.05) is 16.8 Å². The fourth-order valence-electron chi connectivity index (χ4n) is 5.95. The number of carbonyl (C=O) groups excluding carboxylic acids is 1. The smallest absolute Gasteiger partial charge is 0.325 e. The number of primary amides is 1. The second-order valence-corrected chi connectivity index (χ2v) is 12.5. The maximum Gasteiger partial charge on any atom is 0.325 e. The summed E-state index contributed by atoms with van der Waals surface area (Å²) < 4.78 is 1.77. The van der Waals surface area contributed by atoms with Crippen molar-refractivity contribution in [3.05, 3.63) is 108 Å². The van der Waals surface area contributed by atoms with Crippen LogP contribution >= 0.6 is 0 Å². The number of amides is 2. The van der Waals surface area contributed by atoms with E-state index in [0.29, 0.717) is 11.5 Å². The first-order chi connectivity index (χ1) is 21.1. The number of pyridine rings is 2. The van der Waals surface area contributed by atoms with Crippen molar-refractivity contribution in [1.29, 1.82) is 0 Å². The number of nitrogens with zero attached hydrogens (tertiary/aromatic N) is 6. The van der Waals surface area contributed by atoms with E-state index in [9.17, 15) is 4.79 Å². The molecule has 0 spiro atoms. The summed E-state index contributed by atoms with van der Waals surface area (Å²) in [6, 6.07) is 23.9. The Bertz CT molecular complexity index is 1830. The first-order valence-corrected chi connectivity index (χ1v) is 15.1. The zero-order valence-corrected chi connectivity index (χ0v) is 26.0. The minimum Gasteiger partial charge on any atom is -0.353 e. The summed E-state index contributed by atoms with van der Waals surface area (Å²) in [5.41, 5.74) is 11.6. The highest BCUT2D eigenvalue weighted by Crippen LogP contribution is 2.40. The molecule has 8 heteroatoms. The Labute approximate surface area is 258 Å². The minimum atomic E-state index is -0.585. The molecule has 6 rings (SSSR count). The molecule has 2 amide bonds. The highest BCUT2D eigenvalue weighted by molar-refractivity contribution is 6.09. The number of rotatable bonds is 6. The molecule has 1 atom stereocenters. The molecule has 0 saturated heterocycles. The molecular weight excluding hydrogens is 546 g/mol. The predicted molar refractivity (Wildman–Crippen MR) is 179 cm³/mol. The van der Waals surface area contributed by atoms with Gasteiger partial charge < -0.3 is 10.6 Å². The quantitative estimate of drug-likeness (QED) is 0.220. The van der Waals surface area contributed by atoms with Crippen molar-refractivity contribution in [1.82, 2.24) is 19.7 Å². The molecule has 1 aliphatic carbocycles. The average molecular weight is 586 g/mol. The van der Waals surface area contributed by atoms with E-state index in [0.717, 1.165) is 52.9 Å². The lowest BCUT2D eigenvalue weighted by atomic mass is 9.87. The summed E-state index contributed by atoms with van der Waals surface area (Å²) in [6.07, 6.45) is 9.11. The first-order valence-electron chi connectivity index (χ1n) is 15.1. The Morgan fingerprint density at radius 1 is 0.977 bits per heavy atom. The highest BCUT2D eigenvalue weighted by atomic mass is 16.2. The lowest BCUT2D eigenvalue weighted by molar-refractivity contribution is 0.256. The first kappa shape index (κ1) is 29.1. The fourth-order valence-corrected chi connectivity index (χ4v) is 5.95. The summed E-state index contributed by atoms with van der Waals surface area (Å²) in [6.45, 7) is 8.25. The Morgan fingerprint density at radius 2 is 1.75 bits per heavy atom. The van der Waals surface area contributed by atoms with Gasteiger partial charge in [0.25, 0.3) is 0 Å². The Hall–Kier alpha value is -4.98. The molecule has 2 aromatic carbocycles. The number of likely N-dealkylation sites (N-methyl/N-ethyl adjacent to an activating group) is 1. The van der Waals surface area contributed by atoms with Gasteiger partial charge in [0, 0.05) is 41.8 Å². The topological polar surface area (TPSA) is 93.2 Å². The van der Waals surface area contributed by atoms with Crippen LogP contribution in [0.1, 0.15) is 57.0 Å². The molecule has 3 aromatic heterocycles. The molecule has 0 bridgehead atoms. The van der Waals surface area contributed by atoms with E-state index in [4.69, 9.17) is 10.8 Å². The van der Waals surface area contributed by atoms with Crippen LogP contribution in [0.15, 0.2) is 91.3 Å². The summed E-state index contributed by atoms with van der Waals surface area (Å²) in [5, 5.41) is 6.95. The summed E-state index contributed by atoms with van der Waals surface area (Å²) in [5.74, 6) is 1.53. The number of aromatic nitrogens is 4. The fraction of sp³-hybridized carbons (Fsp3) is 0.278. The molecule has 224 valence electrons. The van der Waals surface area contributed by atoms with Crippen LogP contribution in [0.3, 0.4) is 0 Å². The zero-order chi connectivity index (χ0) is 31.0. The predicted octanol–water partition coefficient (Wildman–Crippen LogP) is 7.71. The van der Waals surface area contributed by atoms with Gasteiger partial charge in [-0.15, -0.1) is 0 Å². The van der Waals surface area contributed by atoms with Gasteiger partial charge in [-0.25, -0.2) is 19.4 Å². The number of benzene rings is 2. The lowest BCUT2D eigenvalue weighted by Crippen LogP contribution is -2.33. The van der Waals surface area contributed by atoms with Gasteiger partial charge in [-0.3, -0.25) is 4.98 Å². The second-order valence-electron chi connectivity index (χ2n) is 12.5. The second kappa shape index (κ2) is 11.6. The standard InChI is InChI=1S/C36H39N7O/c1-24-16-17-27(23-39-24)43-34(22-32(40-43)36(2,3)4)42(35(37)44)31-19-18-28(29-13-6-7-14-30(29)31)25-11-10-12-26(21-25)41(5)33-15-8-9-20-38-33/h6-9,13-23,26H,10-12H2,1-5H3,(H2,37,44). The van der Waals surface area contributed by atoms with Crippen molar-refractivity contribution in [2.45, 2.75) is 58.4 Å². The highest BCUT2D eigenvalue weighted by Gasteiger charge is 2.28. The molecule has 0 radical (unpaired) electrons. The van der Waals surface area contributed by atoms with E-state index in [1.54, 1.807) is 15.8 Å². The maximum atomic E-state index is 13.3. The molecule has 8 nitrogen and oxygen atoms in total. The van der Waals surface area contributed by atoms with E-state index < -0.39 is 6.03 Å². The molecule has 2 N–H and O–H groups in total. The third-order valence-electron chi connectivity index (χ3n) is 8.38. The molecule has 44 heavy (non-hydrogen) atoms. The largest absolute Gasteiger partial charge is 0.353 e. The van der Waals surface area contributed by atoms with Gasteiger partial charge in [0.1, 0.15) is 11.6 Å². The van der Waals surface area contributed by atoms with Crippen LogP contribution in [0.5, 0.6) is 0 Å². The Morgan fingerprint density at radius 3 is 2.43 bits per heavy atom. The van der Waals surface area contributed by atoms with E-state index in [1.165, 1.54) is 11.1 Å². The van der Waals surface area contributed by atoms with Crippen LogP contribution in [-0.4, -0.2) is 38.9 Å². The average Bonchev–Trinajstić information content (AvgIpc) is 3.47. The van der Waals surface area contributed by atoms with Crippen molar-refractivity contribution in [3.8, 4) is 5.69 Å². The number of aryl methyl sites for hydroxylation is 1. The number of nitrogens with two attached hydrogens (primary N) is 1. The van der Waals surface area contributed by atoms with Crippen molar-refractivity contribution in [3.63, 3.8) is 0 Å². The van der Waals surface area contributed by atoms with Crippen molar-refractivity contribution in [2.24, 2.45) is 5.73 Å². The van der Waals surface area contributed by atoms with Crippen LogP contribution < -0.4 is 15.5 Å². The molecule has 1 aliphatic rings. The molecule has 1 unspecified atom stereocenters. The Balaban J connectivity index is 1.47. The number of allylic oxidation sites excluding steroid dienone is 1. The van der Waals surface area contributed by atoms with E-state index in [1.807, 2.05) is 67.7 Å². The number of hydrogen-bond donors (Lipinski definition) is 1. The third-order valence-corrected chi connectivity index (χ3v) is 8.38. The van der Waals surface area contributed by atoms with Gasteiger partial charge in [-0.1, -0.05) is 63.2 Å². The molecule has 0 saturated carbocycles. The SMILES string of the molecule is Cc1ccc(-n2nc(C(C)(C)C)cc2N(C(N)=O)c2ccc(C3=CC(N(C)c4ccccn4)CCC3)c3ccccc23)cn1. The number of urea groups is 1. The number of fused-ring (bicyclic) bond motifs is 1. The number of hydrogen-bond acceptors (Lipinski definition) is 5. The molecule has 0 aliphatic heterocycles. The normalized spacial score (nSPS) is 15.2. The minimum absolute atomic E-state index is 0.238. The molecular formula is C36H39N7O. The van der Waals surface area contributed by atoms with Gasteiger partial charge in [0.15, 0.2) is 0 Å². The summed E-state index contributed by atoms with van der Waals surface area (Å²) in [4.78, 5) is 26.2. The molecule has 5 aromatic rings. The zero-order valence-electron chi connectivity index (χ0n) is 26.0. The molecule has 0 fully saturated rings. The third kappa shape index (κ3) is 5.55. The summed E-state index contributed by atoms with van der Waals surface area (Å²) >= 11 is 0. The van der Waals surface area contributed by atoms with Gasteiger partial charge >= 0.3 is 6.03 Å². The van der Waals surface area contributed by atoms with Gasteiger partial charge in [-0.05, 0) is 73.0 Å². The molecule has 3 heterocycles. The van der Waals surface area contributed by atoms with Crippen molar-refractivity contribution < 1.29 is 4.79 Å². The lowest BCUT2D eigenvalue weighted by Gasteiger charge is -2.31. The Kier molecular flexibility index (Phi) is 7.67. The van der Waals surface area contributed by atoms with Gasteiger partial charge in [-0.2, -0.15) is 5.10 Å². The van der Waals surface area contributed by atoms with E-state index >= 15 is 0 Å². The van der Waals surface area contributed by atoms with Crippen LogP contribution in [0.2, 0.25) is 0 Å². The van der Waals surface area contributed by atoms with Crippen LogP contribution in [-0.2, 0) is 5.41 Å². The van der Waals surface area contributed by atoms with E-state index in [2.05, 4.69) is 67.0 Å². The van der Waals surface area contributed by atoms with Gasteiger partial charge in [0.05, 0.1) is 23.3 Å². The van der Waals surface area contributed by atoms with E-state index in [-0.39, 0.29) is 11.5 Å². The number of carbonyl (C=O) groups is 1. The maximum absolute atomic E-state index is 13.3.